The predicted molar refractivity (Wildman–Crippen MR) is 79.6 cm³/mol. The summed E-state index contributed by atoms with van der Waals surface area (Å²) >= 11 is 0. The van der Waals surface area contributed by atoms with E-state index in [-0.39, 0.29) is 11.9 Å². The van der Waals surface area contributed by atoms with E-state index in [0.29, 0.717) is 6.54 Å². The molecule has 0 bridgehead atoms. The van der Waals surface area contributed by atoms with Crippen LogP contribution in [0.2, 0.25) is 0 Å². The molecule has 1 saturated heterocycles. The topological polar surface area (TPSA) is 50.2 Å². The average molecular weight is 278 g/mol. The first-order valence-corrected chi connectivity index (χ1v) is 7.56. The number of likely N-dealkylation sites (N-methyl/N-ethyl adjacent to an activating group) is 1. The highest BCUT2D eigenvalue weighted by molar-refractivity contribution is 5.81. The molecule has 1 aromatic heterocycles. The number of hydrogen-bond donors (Lipinski definition) is 1. The standard InChI is InChI=1S/C15H26N4O/c1-12-13(2)19(11-17-12)10-8-16-15(20)14-7-5-4-6-9-18(14)3/h11,14H,4-10H2,1-3H3,(H,16,20)/t14-/m1/s1. The average Bonchev–Trinajstić information content (AvgIpc) is 2.64. The van der Waals surface area contributed by atoms with Gasteiger partial charge < -0.3 is 9.88 Å². The molecule has 20 heavy (non-hydrogen) atoms. The Bertz CT molecular complexity index is 455. The van der Waals surface area contributed by atoms with Gasteiger partial charge in [-0.3, -0.25) is 9.69 Å². The van der Waals surface area contributed by atoms with Gasteiger partial charge >= 0.3 is 0 Å². The predicted octanol–water partition coefficient (Wildman–Crippen LogP) is 1.49. The Morgan fingerprint density at radius 3 is 2.90 bits per heavy atom. The fraction of sp³-hybridized carbons (Fsp3) is 0.733. The summed E-state index contributed by atoms with van der Waals surface area (Å²) < 4.78 is 2.09. The molecule has 1 atom stereocenters. The zero-order chi connectivity index (χ0) is 14.5. The second-order valence-corrected chi connectivity index (χ2v) is 5.75. The molecular weight excluding hydrogens is 252 g/mol. The Morgan fingerprint density at radius 2 is 2.20 bits per heavy atom. The van der Waals surface area contributed by atoms with Crippen molar-refractivity contribution in [1.82, 2.24) is 19.8 Å². The van der Waals surface area contributed by atoms with Gasteiger partial charge in [-0.15, -0.1) is 0 Å². The van der Waals surface area contributed by atoms with E-state index >= 15 is 0 Å². The number of carbonyl (C=O) groups excluding carboxylic acids is 1. The molecule has 1 N–H and O–H groups in total. The Balaban J connectivity index is 1.81. The van der Waals surface area contributed by atoms with E-state index < -0.39 is 0 Å². The lowest BCUT2D eigenvalue weighted by Gasteiger charge is -2.24. The van der Waals surface area contributed by atoms with Gasteiger partial charge in [-0.05, 0) is 40.3 Å². The van der Waals surface area contributed by atoms with Crippen LogP contribution in [-0.4, -0.2) is 46.5 Å². The van der Waals surface area contributed by atoms with Crippen LogP contribution in [-0.2, 0) is 11.3 Å². The van der Waals surface area contributed by atoms with Gasteiger partial charge in [0.2, 0.25) is 5.91 Å². The van der Waals surface area contributed by atoms with Crippen molar-refractivity contribution >= 4 is 5.91 Å². The lowest BCUT2D eigenvalue weighted by molar-refractivity contribution is -0.126. The maximum Gasteiger partial charge on any atom is 0.237 e. The first-order chi connectivity index (χ1) is 9.59. The monoisotopic (exact) mass is 278 g/mol. The first-order valence-electron chi connectivity index (χ1n) is 7.56. The van der Waals surface area contributed by atoms with Gasteiger partial charge in [0.15, 0.2) is 0 Å². The number of aromatic nitrogens is 2. The molecule has 0 unspecified atom stereocenters. The van der Waals surface area contributed by atoms with Crippen LogP contribution >= 0.6 is 0 Å². The minimum atomic E-state index is 0.0446. The van der Waals surface area contributed by atoms with Crippen LogP contribution in [0.4, 0.5) is 0 Å². The van der Waals surface area contributed by atoms with Crippen LogP contribution in [0.3, 0.4) is 0 Å². The van der Waals surface area contributed by atoms with Crippen molar-refractivity contribution < 1.29 is 4.79 Å². The third kappa shape index (κ3) is 3.60. The molecule has 0 radical (unpaired) electrons. The van der Waals surface area contributed by atoms with Gasteiger partial charge in [-0.2, -0.15) is 0 Å². The lowest BCUT2D eigenvalue weighted by Crippen LogP contribution is -2.45. The van der Waals surface area contributed by atoms with Crippen molar-refractivity contribution in [2.45, 2.75) is 52.1 Å². The van der Waals surface area contributed by atoms with Crippen LogP contribution in [0, 0.1) is 13.8 Å². The number of nitrogens with one attached hydrogen (secondary N) is 1. The van der Waals surface area contributed by atoms with E-state index in [1.807, 2.05) is 13.3 Å². The van der Waals surface area contributed by atoms with Gasteiger partial charge in [0.05, 0.1) is 18.1 Å². The van der Waals surface area contributed by atoms with Crippen LogP contribution in [0.5, 0.6) is 0 Å². The highest BCUT2D eigenvalue weighted by atomic mass is 16.2. The highest BCUT2D eigenvalue weighted by Gasteiger charge is 2.24. The van der Waals surface area contributed by atoms with Crippen molar-refractivity contribution in [1.29, 1.82) is 0 Å². The summed E-state index contributed by atoms with van der Waals surface area (Å²) in [6, 6.07) is 0.0446. The first kappa shape index (κ1) is 15.0. The quantitative estimate of drug-likeness (QED) is 0.908. The van der Waals surface area contributed by atoms with E-state index in [9.17, 15) is 4.79 Å². The summed E-state index contributed by atoms with van der Waals surface area (Å²) in [5.41, 5.74) is 2.23. The van der Waals surface area contributed by atoms with Crippen molar-refractivity contribution in [2.24, 2.45) is 0 Å². The second kappa shape index (κ2) is 6.88. The fourth-order valence-corrected chi connectivity index (χ4v) is 2.77. The van der Waals surface area contributed by atoms with Gasteiger partial charge in [0.1, 0.15) is 0 Å². The molecular formula is C15H26N4O. The van der Waals surface area contributed by atoms with E-state index in [1.165, 1.54) is 18.5 Å². The number of hydrogen-bond acceptors (Lipinski definition) is 3. The zero-order valence-corrected chi connectivity index (χ0v) is 12.9. The summed E-state index contributed by atoms with van der Waals surface area (Å²) in [4.78, 5) is 18.7. The van der Waals surface area contributed by atoms with Crippen molar-refractivity contribution in [3.8, 4) is 0 Å². The molecule has 0 saturated carbocycles. The molecule has 1 aromatic rings. The molecule has 5 nitrogen and oxygen atoms in total. The molecule has 0 aliphatic carbocycles. The third-order valence-corrected chi connectivity index (χ3v) is 4.32. The SMILES string of the molecule is Cc1ncn(CCNC(=O)[C@H]2CCCCCN2C)c1C. The molecule has 5 heteroatoms. The number of rotatable bonds is 4. The number of carbonyl (C=O) groups is 1. The van der Waals surface area contributed by atoms with Gasteiger partial charge in [-0.1, -0.05) is 12.8 Å². The molecule has 1 aliphatic rings. The van der Waals surface area contributed by atoms with E-state index in [4.69, 9.17) is 0 Å². The summed E-state index contributed by atoms with van der Waals surface area (Å²) in [6.07, 6.45) is 6.41. The molecule has 2 rings (SSSR count). The maximum absolute atomic E-state index is 12.3. The normalized spacial score (nSPS) is 20.6. The summed E-state index contributed by atoms with van der Waals surface area (Å²) in [7, 11) is 2.05. The van der Waals surface area contributed by atoms with Crippen molar-refractivity contribution in [2.75, 3.05) is 20.1 Å². The minimum absolute atomic E-state index is 0.0446. The van der Waals surface area contributed by atoms with E-state index in [2.05, 4.69) is 33.7 Å². The van der Waals surface area contributed by atoms with Crippen LogP contribution < -0.4 is 5.32 Å². The summed E-state index contributed by atoms with van der Waals surface area (Å²) in [6.45, 7) is 6.54. The van der Waals surface area contributed by atoms with E-state index in [1.54, 1.807) is 0 Å². The van der Waals surface area contributed by atoms with Gasteiger partial charge in [0, 0.05) is 18.8 Å². The number of nitrogens with zero attached hydrogens (tertiary/aromatic N) is 3. The minimum Gasteiger partial charge on any atom is -0.353 e. The lowest BCUT2D eigenvalue weighted by atomic mass is 10.1. The molecule has 1 aliphatic heterocycles. The Kier molecular flexibility index (Phi) is 5.17. The maximum atomic E-state index is 12.3. The number of aryl methyl sites for hydroxylation is 1. The molecule has 0 aromatic carbocycles. The Hall–Kier alpha value is -1.36. The van der Waals surface area contributed by atoms with Gasteiger partial charge in [0.25, 0.3) is 0 Å². The summed E-state index contributed by atoms with van der Waals surface area (Å²) in [5.74, 6) is 0.170. The zero-order valence-electron chi connectivity index (χ0n) is 12.9. The number of imidazole rings is 1. The van der Waals surface area contributed by atoms with Crippen LogP contribution in [0.1, 0.15) is 37.1 Å². The van der Waals surface area contributed by atoms with E-state index in [0.717, 1.165) is 31.6 Å². The molecule has 0 spiro atoms. The molecule has 1 fully saturated rings. The number of likely N-dealkylation sites (tertiary alicyclic amines) is 1. The second-order valence-electron chi connectivity index (χ2n) is 5.75. The van der Waals surface area contributed by atoms with Gasteiger partial charge in [-0.25, -0.2) is 4.98 Å². The van der Waals surface area contributed by atoms with Crippen LogP contribution in [0.25, 0.3) is 0 Å². The molecule has 1 amide bonds. The fourth-order valence-electron chi connectivity index (χ4n) is 2.77. The van der Waals surface area contributed by atoms with Crippen molar-refractivity contribution in [3.05, 3.63) is 17.7 Å². The van der Waals surface area contributed by atoms with Crippen LogP contribution in [0.15, 0.2) is 6.33 Å². The molecule has 2 heterocycles. The largest absolute Gasteiger partial charge is 0.353 e. The smallest absolute Gasteiger partial charge is 0.237 e. The summed E-state index contributed by atoms with van der Waals surface area (Å²) in [5, 5.41) is 3.07. The van der Waals surface area contributed by atoms with Crippen molar-refractivity contribution in [3.63, 3.8) is 0 Å². The Labute approximate surface area is 121 Å². The highest BCUT2D eigenvalue weighted by Crippen LogP contribution is 2.15. The number of amides is 1. The molecule has 112 valence electrons. The Morgan fingerprint density at radius 1 is 1.40 bits per heavy atom. The third-order valence-electron chi connectivity index (χ3n) is 4.32.